The molecular formula is C21H26N2O4. The van der Waals surface area contributed by atoms with Gasteiger partial charge in [-0.3, -0.25) is 4.79 Å². The molecule has 1 amide bonds. The summed E-state index contributed by atoms with van der Waals surface area (Å²) < 4.78 is 16.0. The number of carbonyl (C=O) groups excluding carboxylic acids is 1. The fourth-order valence-corrected chi connectivity index (χ4v) is 3.37. The smallest absolute Gasteiger partial charge is 0.263 e. The summed E-state index contributed by atoms with van der Waals surface area (Å²) in [5, 5.41) is 2.92. The van der Waals surface area contributed by atoms with Crippen molar-refractivity contribution in [3.8, 4) is 11.5 Å². The monoisotopic (exact) mass is 370 g/mol. The van der Waals surface area contributed by atoms with Crippen LogP contribution in [0, 0.1) is 0 Å². The Morgan fingerprint density at radius 1 is 0.963 bits per heavy atom. The van der Waals surface area contributed by atoms with Crippen LogP contribution in [0.5, 0.6) is 11.5 Å². The van der Waals surface area contributed by atoms with Crippen molar-refractivity contribution in [3.05, 3.63) is 48.0 Å². The summed E-state index contributed by atoms with van der Waals surface area (Å²) in [5.41, 5.74) is 2.26. The lowest BCUT2D eigenvalue weighted by Gasteiger charge is -2.33. The summed E-state index contributed by atoms with van der Waals surface area (Å²) in [4.78, 5) is 15.1. The van der Waals surface area contributed by atoms with Gasteiger partial charge in [0.25, 0.3) is 5.91 Å². The van der Waals surface area contributed by atoms with E-state index >= 15 is 0 Å². The van der Waals surface area contributed by atoms with E-state index < -0.39 is 0 Å². The van der Waals surface area contributed by atoms with Crippen molar-refractivity contribution in [2.75, 3.05) is 44.6 Å². The predicted molar refractivity (Wildman–Crippen MR) is 106 cm³/mol. The fourth-order valence-electron chi connectivity index (χ4n) is 3.37. The summed E-state index contributed by atoms with van der Waals surface area (Å²) >= 11 is 0. The lowest BCUT2D eigenvalue weighted by Crippen LogP contribution is -2.36. The molecule has 0 aromatic heterocycles. The van der Waals surface area contributed by atoms with Gasteiger partial charge in [0, 0.05) is 31.6 Å². The highest BCUT2D eigenvalue weighted by Crippen LogP contribution is 2.29. The number of hydrogen-bond donors (Lipinski definition) is 1. The third-order valence-electron chi connectivity index (χ3n) is 4.92. The first-order chi connectivity index (χ1) is 13.2. The number of rotatable bonds is 6. The summed E-state index contributed by atoms with van der Waals surface area (Å²) in [6, 6.07) is 13.2. The Morgan fingerprint density at radius 2 is 1.56 bits per heavy atom. The average molecular weight is 370 g/mol. The van der Waals surface area contributed by atoms with Crippen LogP contribution in [0.2, 0.25) is 0 Å². The largest absolute Gasteiger partial charge is 0.496 e. The van der Waals surface area contributed by atoms with Crippen LogP contribution in [0.1, 0.15) is 23.2 Å². The quantitative estimate of drug-likeness (QED) is 0.842. The summed E-state index contributed by atoms with van der Waals surface area (Å²) in [5.74, 6) is 0.687. The normalized spacial score (nSPS) is 14.7. The number of carbonyl (C=O) groups is 1. The van der Waals surface area contributed by atoms with Crippen LogP contribution in [-0.4, -0.2) is 46.4 Å². The van der Waals surface area contributed by atoms with Crippen LogP contribution in [0.4, 0.5) is 11.4 Å². The van der Waals surface area contributed by atoms with Crippen LogP contribution in [-0.2, 0) is 4.74 Å². The SMILES string of the molecule is COc1cccc(OC)c1C(=O)Nc1ccc(N2CCC(OC)CC2)cc1. The summed E-state index contributed by atoms with van der Waals surface area (Å²) in [6.07, 6.45) is 2.42. The van der Waals surface area contributed by atoms with Gasteiger partial charge in [-0.25, -0.2) is 0 Å². The Labute approximate surface area is 160 Å². The first kappa shape index (κ1) is 19.0. The molecule has 1 aliphatic rings. The Morgan fingerprint density at radius 3 is 2.07 bits per heavy atom. The maximum absolute atomic E-state index is 12.7. The van der Waals surface area contributed by atoms with Crippen molar-refractivity contribution < 1.29 is 19.0 Å². The van der Waals surface area contributed by atoms with Gasteiger partial charge in [0.05, 0.1) is 20.3 Å². The minimum Gasteiger partial charge on any atom is -0.496 e. The van der Waals surface area contributed by atoms with E-state index in [1.807, 2.05) is 24.3 Å². The highest BCUT2D eigenvalue weighted by molar-refractivity contribution is 6.08. The fraction of sp³-hybridized carbons (Fsp3) is 0.381. The number of methoxy groups -OCH3 is 3. The Balaban J connectivity index is 1.69. The van der Waals surface area contributed by atoms with Gasteiger partial charge in [0.2, 0.25) is 0 Å². The van der Waals surface area contributed by atoms with Gasteiger partial charge < -0.3 is 24.4 Å². The van der Waals surface area contributed by atoms with Crippen molar-refractivity contribution in [2.24, 2.45) is 0 Å². The van der Waals surface area contributed by atoms with Gasteiger partial charge in [-0.1, -0.05) is 6.07 Å². The van der Waals surface area contributed by atoms with Crippen molar-refractivity contribution in [1.82, 2.24) is 0 Å². The van der Waals surface area contributed by atoms with Gasteiger partial charge in [0.15, 0.2) is 0 Å². The number of benzene rings is 2. The highest BCUT2D eigenvalue weighted by atomic mass is 16.5. The number of amides is 1. The maximum atomic E-state index is 12.7. The van der Waals surface area contributed by atoms with Crippen LogP contribution in [0.25, 0.3) is 0 Å². The van der Waals surface area contributed by atoms with Gasteiger partial charge in [-0.15, -0.1) is 0 Å². The predicted octanol–water partition coefficient (Wildman–Crippen LogP) is 3.57. The molecule has 1 heterocycles. The van der Waals surface area contributed by atoms with Gasteiger partial charge in [-0.2, -0.15) is 0 Å². The lowest BCUT2D eigenvalue weighted by molar-refractivity contribution is 0.0819. The Hall–Kier alpha value is -2.73. The maximum Gasteiger partial charge on any atom is 0.263 e. The van der Waals surface area contributed by atoms with E-state index in [-0.39, 0.29) is 5.91 Å². The molecule has 2 aromatic rings. The molecule has 0 bridgehead atoms. The van der Waals surface area contributed by atoms with Gasteiger partial charge in [0.1, 0.15) is 17.1 Å². The molecular weight excluding hydrogens is 344 g/mol. The molecule has 0 saturated carbocycles. The molecule has 6 heteroatoms. The number of ether oxygens (including phenoxy) is 3. The topological polar surface area (TPSA) is 60.0 Å². The van der Waals surface area contributed by atoms with Crippen molar-refractivity contribution in [3.63, 3.8) is 0 Å². The van der Waals surface area contributed by atoms with Crippen molar-refractivity contribution in [2.45, 2.75) is 18.9 Å². The van der Waals surface area contributed by atoms with Crippen LogP contribution >= 0.6 is 0 Å². The molecule has 1 N–H and O–H groups in total. The van der Waals surface area contributed by atoms with Crippen LogP contribution < -0.4 is 19.7 Å². The summed E-state index contributed by atoms with van der Waals surface area (Å²) in [7, 11) is 4.84. The summed E-state index contributed by atoms with van der Waals surface area (Å²) in [6.45, 7) is 1.95. The van der Waals surface area contributed by atoms with Gasteiger partial charge in [-0.05, 0) is 49.2 Å². The molecule has 0 radical (unpaired) electrons. The third-order valence-corrected chi connectivity index (χ3v) is 4.92. The van der Waals surface area contributed by atoms with Crippen molar-refractivity contribution in [1.29, 1.82) is 0 Å². The lowest BCUT2D eigenvalue weighted by atomic mass is 10.1. The van der Waals surface area contributed by atoms with E-state index in [1.165, 1.54) is 14.2 Å². The highest BCUT2D eigenvalue weighted by Gasteiger charge is 2.20. The number of piperidine rings is 1. The molecule has 3 rings (SSSR count). The second kappa shape index (κ2) is 8.77. The van der Waals surface area contributed by atoms with E-state index in [2.05, 4.69) is 10.2 Å². The first-order valence-electron chi connectivity index (χ1n) is 9.06. The van der Waals surface area contributed by atoms with Crippen molar-refractivity contribution >= 4 is 17.3 Å². The molecule has 0 atom stereocenters. The average Bonchev–Trinajstić information content (AvgIpc) is 2.73. The molecule has 6 nitrogen and oxygen atoms in total. The number of anilines is 2. The minimum absolute atomic E-state index is 0.266. The number of nitrogens with one attached hydrogen (secondary N) is 1. The van der Waals surface area contributed by atoms with E-state index in [1.54, 1.807) is 25.3 Å². The van der Waals surface area contributed by atoms with Crippen LogP contribution in [0.15, 0.2) is 42.5 Å². The zero-order valence-electron chi connectivity index (χ0n) is 16.0. The van der Waals surface area contributed by atoms with E-state index in [4.69, 9.17) is 14.2 Å². The Bertz CT molecular complexity index is 746. The zero-order chi connectivity index (χ0) is 19.2. The first-order valence-corrected chi connectivity index (χ1v) is 9.06. The third kappa shape index (κ3) is 4.34. The molecule has 27 heavy (non-hydrogen) atoms. The second-order valence-corrected chi connectivity index (χ2v) is 6.46. The second-order valence-electron chi connectivity index (χ2n) is 6.46. The van der Waals surface area contributed by atoms with E-state index in [0.717, 1.165) is 37.3 Å². The zero-order valence-corrected chi connectivity index (χ0v) is 16.0. The molecule has 1 fully saturated rings. The van der Waals surface area contributed by atoms with E-state index in [9.17, 15) is 4.79 Å². The molecule has 1 aliphatic heterocycles. The van der Waals surface area contributed by atoms with E-state index in [0.29, 0.717) is 23.2 Å². The number of hydrogen-bond acceptors (Lipinski definition) is 5. The van der Waals surface area contributed by atoms with Gasteiger partial charge >= 0.3 is 0 Å². The molecule has 1 saturated heterocycles. The molecule has 0 aliphatic carbocycles. The Kier molecular flexibility index (Phi) is 6.19. The molecule has 2 aromatic carbocycles. The standard InChI is InChI=1S/C21H26N2O4/c1-25-17-11-13-23(14-12-17)16-9-7-15(8-10-16)22-21(24)20-18(26-2)5-4-6-19(20)27-3/h4-10,17H,11-14H2,1-3H3,(H,22,24). The number of nitrogens with zero attached hydrogens (tertiary/aromatic N) is 1. The molecule has 0 unspecified atom stereocenters. The molecule has 144 valence electrons. The molecule has 0 spiro atoms. The minimum atomic E-state index is -0.266. The van der Waals surface area contributed by atoms with Crippen LogP contribution in [0.3, 0.4) is 0 Å².